The minimum absolute atomic E-state index is 0.119. The number of sulfonamides is 1. The van der Waals surface area contributed by atoms with Crippen molar-refractivity contribution in [2.75, 3.05) is 5.32 Å². The summed E-state index contributed by atoms with van der Waals surface area (Å²) in [6, 6.07) is 5.25. The van der Waals surface area contributed by atoms with Crippen molar-refractivity contribution in [3.8, 4) is 0 Å². The van der Waals surface area contributed by atoms with E-state index in [1.807, 2.05) is 4.72 Å². The van der Waals surface area contributed by atoms with E-state index in [0.717, 1.165) is 19.8 Å². The molecule has 0 saturated heterocycles. The molecule has 0 aromatic heterocycles. The lowest BCUT2D eigenvalue weighted by atomic mass is 9.78. The van der Waals surface area contributed by atoms with E-state index < -0.39 is 39.6 Å². The molecule has 9 heteroatoms. The second-order valence-corrected chi connectivity index (χ2v) is 7.67. The van der Waals surface area contributed by atoms with Crippen LogP contribution in [0.1, 0.15) is 32.6 Å². The third-order valence-corrected chi connectivity index (χ3v) is 5.56. The Morgan fingerprint density at radius 1 is 1.04 bits per heavy atom. The first-order chi connectivity index (χ1) is 11.7. The summed E-state index contributed by atoms with van der Waals surface area (Å²) < 4.78 is 25.5. The Morgan fingerprint density at radius 3 is 2.12 bits per heavy atom. The molecule has 1 saturated carbocycles. The molecule has 1 aromatic rings. The molecule has 2 amide bonds. The Balaban J connectivity index is 2.09. The van der Waals surface area contributed by atoms with E-state index in [0.29, 0.717) is 18.5 Å². The van der Waals surface area contributed by atoms with E-state index in [2.05, 4.69) is 5.32 Å². The fourth-order valence-electron chi connectivity index (χ4n) is 2.93. The number of carbonyl (C=O) groups excluding carboxylic acids is 3. The molecule has 0 aliphatic heterocycles. The number of carbonyl (C=O) groups is 3. The lowest BCUT2D eigenvalue weighted by Crippen LogP contribution is -2.42. The maximum atomic E-state index is 12.3. The zero-order chi connectivity index (χ0) is 18.6. The summed E-state index contributed by atoms with van der Waals surface area (Å²) in [7, 11) is -3.94. The SMILES string of the molecule is CC(=O)NS(=O)(=O)c1ccc(NC(=O)[C@@H]2CCCC[C@H]2C(=O)[O-])cc1. The van der Waals surface area contributed by atoms with Crippen molar-refractivity contribution in [2.45, 2.75) is 37.5 Å². The van der Waals surface area contributed by atoms with Crippen LogP contribution in [0.4, 0.5) is 5.69 Å². The number of anilines is 1. The van der Waals surface area contributed by atoms with Crippen LogP contribution < -0.4 is 15.1 Å². The van der Waals surface area contributed by atoms with E-state index in [1.165, 1.54) is 24.3 Å². The fraction of sp³-hybridized carbons (Fsp3) is 0.438. The van der Waals surface area contributed by atoms with E-state index in [4.69, 9.17) is 0 Å². The van der Waals surface area contributed by atoms with Gasteiger partial charge in [-0.15, -0.1) is 0 Å². The van der Waals surface area contributed by atoms with Gasteiger partial charge in [0.1, 0.15) is 0 Å². The van der Waals surface area contributed by atoms with Gasteiger partial charge in [-0.2, -0.15) is 0 Å². The highest BCUT2D eigenvalue weighted by atomic mass is 32.2. The average Bonchev–Trinajstić information content (AvgIpc) is 2.54. The molecule has 0 radical (unpaired) electrons. The van der Waals surface area contributed by atoms with Gasteiger partial charge < -0.3 is 15.2 Å². The first-order valence-electron chi connectivity index (χ1n) is 7.86. The number of amides is 2. The van der Waals surface area contributed by atoms with Gasteiger partial charge in [0, 0.05) is 30.4 Å². The molecular weight excluding hydrogens is 348 g/mol. The predicted octanol–water partition coefficient (Wildman–Crippen LogP) is 0.00620. The Morgan fingerprint density at radius 2 is 1.60 bits per heavy atom. The van der Waals surface area contributed by atoms with Gasteiger partial charge in [0.25, 0.3) is 10.0 Å². The van der Waals surface area contributed by atoms with Crippen molar-refractivity contribution in [1.82, 2.24) is 4.72 Å². The van der Waals surface area contributed by atoms with Gasteiger partial charge in [-0.3, -0.25) is 9.59 Å². The van der Waals surface area contributed by atoms with E-state index in [-0.39, 0.29) is 4.90 Å². The summed E-state index contributed by atoms with van der Waals surface area (Å²) in [5, 5.41) is 13.8. The summed E-state index contributed by atoms with van der Waals surface area (Å²) in [6.07, 6.45) is 2.40. The summed E-state index contributed by atoms with van der Waals surface area (Å²) in [5.41, 5.74) is 0.342. The Hall–Kier alpha value is -2.42. The third kappa shape index (κ3) is 4.79. The second-order valence-electron chi connectivity index (χ2n) is 5.99. The van der Waals surface area contributed by atoms with Crippen LogP contribution in [0, 0.1) is 11.8 Å². The zero-order valence-electron chi connectivity index (χ0n) is 13.7. The molecule has 8 nitrogen and oxygen atoms in total. The summed E-state index contributed by atoms with van der Waals surface area (Å²) in [6.45, 7) is 1.09. The van der Waals surface area contributed by atoms with Gasteiger partial charge in [0.05, 0.1) is 4.90 Å². The standard InChI is InChI=1S/C16H20N2O6S/c1-10(19)18-25(23,24)12-8-6-11(7-9-12)17-15(20)13-4-2-3-5-14(13)16(21)22/h6-9,13-14H,2-5H2,1H3,(H,17,20)(H,18,19)(H,21,22)/p-1/t13-,14-/m1/s1. The topological polar surface area (TPSA) is 132 Å². The van der Waals surface area contributed by atoms with Crippen LogP contribution in [-0.4, -0.2) is 26.2 Å². The molecule has 1 aliphatic rings. The number of aliphatic carboxylic acids is 1. The van der Waals surface area contributed by atoms with Gasteiger partial charge in [-0.1, -0.05) is 12.8 Å². The van der Waals surface area contributed by atoms with Crippen LogP contribution in [0.25, 0.3) is 0 Å². The Labute approximate surface area is 145 Å². The lowest BCUT2D eigenvalue weighted by molar-refractivity contribution is -0.313. The van der Waals surface area contributed by atoms with Crippen LogP contribution in [0.3, 0.4) is 0 Å². The van der Waals surface area contributed by atoms with Crippen LogP contribution in [0.5, 0.6) is 0 Å². The minimum Gasteiger partial charge on any atom is -0.550 e. The Kier molecular flexibility index (Phi) is 5.78. The third-order valence-electron chi connectivity index (χ3n) is 4.12. The van der Waals surface area contributed by atoms with Gasteiger partial charge in [-0.25, -0.2) is 13.1 Å². The zero-order valence-corrected chi connectivity index (χ0v) is 14.5. The largest absolute Gasteiger partial charge is 0.550 e. The van der Waals surface area contributed by atoms with Crippen molar-refractivity contribution in [1.29, 1.82) is 0 Å². The summed E-state index contributed by atoms with van der Waals surface area (Å²) in [5.74, 6) is -3.83. The number of carboxylic acids is 1. The molecular formula is C16H19N2O6S-. The average molecular weight is 367 g/mol. The monoisotopic (exact) mass is 367 g/mol. The molecule has 0 bridgehead atoms. The van der Waals surface area contributed by atoms with E-state index in [1.54, 1.807) is 0 Å². The molecule has 25 heavy (non-hydrogen) atoms. The molecule has 1 aromatic carbocycles. The van der Waals surface area contributed by atoms with Crippen LogP contribution in [0.2, 0.25) is 0 Å². The van der Waals surface area contributed by atoms with Crippen molar-refractivity contribution in [3.05, 3.63) is 24.3 Å². The van der Waals surface area contributed by atoms with E-state index >= 15 is 0 Å². The highest BCUT2D eigenvalue weighted by Crippen LogP contribution is 2.30. The maximum Gasteiger partial charge on any atom is 0.264 e. The molecule has 1 fully saturated rings. The summed E-state index contributed by atoms with van der Waals surface area (Å²) in [4.78, 5) is 34.3. The first kappa shape index (κ1) is 18.9. The second kappa shape index (κ2) is 7.64. The number of benzene rings is 1. The number of nitrogens with one attached hydrogen (secondary N) is 2. The highest BCUT2D eigenvalue weighted by Gasteiger charge is 2.31. The van der Waals surface area contributed by atoms with Crippen molar-refractivity contribution in [2.24, 2.45) is 11.8 Å². The maximum absolute atomic E-state index is 12.3. The van der Waals surface area contributed by atoms with Crippen molar-refractivity contribution in [3.63, 3.8) is 0 Å². The van der Waals surface area contributed by atoms with Gasteiger partial charge in [-0.05, 0) is 37.1 Å². The number of rotatable bonds is 5. The molecule has 136 valence electrons. The molecule has 0 unspecified atom stereocenters. The van der Waals surface area contributed by atoms with Crippen LogP contribution in [-0.2, 0) is 24.4 Å². The number of hydrogen-bond donors (Lipinski definition) is 2. The highest BCUT2D eigenvalue weighted by molar-refractivity contribution is 7.90. The van der Waals surface area contributed by atoms with Gasteiger partial charge in [0.15, 0.2) is 0 Å². The quantitative estimate of drug-likeness (QED) is 0.753. The molecule has 0 spiro atoms. The van der Waals surface area contributed by atoms with E-state index in [9.17, 15) is 27.9 Å². The molecule has 2 N–H and O–H groups in total. The fourth-order valence-corrected chi connectivity index (χ4v) is 3.92. The van der Waals surface area contributed by atoms with Crippen molar-refractivity contribution >= 4 is 33.5 Å². The summed E-state index contributed by atoms with van der Waals surface area (Å²) >= 11 is 0. The Bertz CT molecular complexity index is 772. The predicted molar refractivity (Wildman–Crippen MR) is 86.5 cm³/mol. The number of hydrogen-bond acceptors (Lipinski definition) is 6. The molecule has 2 rings (SSSR count). The normalized spacial score (nSPS) is 20.5. The minimum atomic E-state index is -3.94. The first-order valence-corrected chi connectivity index (χ1v) is 9.34. The van der Waals surface area contributed by atoms with Crippen molar-refractivity contribution < 1.29 is 27.9 Å². The number of carboxylic acid groups (broad SMARTS) is 1. The molecule has 0 heterocycles. The smallest absolute Gasteiger partial charge is 0.264 e. The van der Waals surface area contributed by atoms with Crippen LogP contribution >= 0.6 is 0 Å². The van der Waals surface area contributed by atoms with Gasteiger partial charge >= 0.3 is 0 Å². The van der Waals surface area contributed by atoms with Crippen LogP contribution in [0.15, 0.2) is 29.2 Å². The van der Waals surface area contributed by atoms with Gasteiger partial charge in [0.2, 0.25) is 11.8 Å². The molecule has 1 aliphatic carbocycles. The lowest BCUT2D eigenvalue weighted by Gasteiger charge is -2.31. The molecule has 2 atom stereocenters.